The van der Waals surface area contributed by atoms with Crippen LogP contribution < -0.4 is 5.32 Å². The van der Waals surface area contributed by atoms with E-state index in [9.17, 15) is 5.26 Å². The van der Waals surface area contributed by atoms with E-state index in [2.05, 4.69) is 45.6 Å². The van der Waals surface area contributed by atoms with Gasteiger partial charge in [0, 0.05) is 29.0 Å². The maximum atomic E-state index is 9.24. The smallest absolute Gasteiger partial charge is 0.101 e. The summed E-state index contributed by atoms with van der Waals surface area (Å²) < 4.78 is 0. The van der Waals surface area contributed by atoms with Crippen LogP contribution in [-0.4, -0.2) is 16.5 Å². The highest BCUT2D eigenvalue weighted by atomic mass is 15.0. The Morgan fingerprint density at radius 2 is 2.18 bits per heavy atom. The SMILES string of the molecule is N#Cc1cnccc1CC1NCCc2c1[nH]c1ccccc21. The van der Waals surface area contributed by atoms with Crippen LogP contribution >= 0.6 is 0 Å². The van der Waals surface area contributed by atoms with E-state index in [0.29, 0.717) is 5.56 Å². The number of pyridine rings is 1. The number of hydrogen-bond acceptors (Lipinski definition) is 3. The molecule has 0 saturated carbocycles. The molecule has 1 aromatic carbocycles. The van der Waals surface area contributed by atoms with Crippen molar-refractivity contribution in [3.63, 3.8) is 0 Å². The van der Waals surface area contributed by atoms with Gasteiger partial charge in [-0.25, -0.2) is 0 Å². The lowest BCUT2D eigenvalue weighted by molar-refractivity contribution is 0.494. The van der Waals surface area contributed by atoms with E-state index in [-0.39, 0.29) is 6.04 Å². The molecular formula is C18H16N4. The molecule has 108 valence electrons. The van der Waals surface area contributed by atoms with E-state index < -0.39 is 0 Å². The highest BCUT2D eigenvalue weighted by Crippen LogP contribution is 2.31. The number of aromatic amines is 1. The normalized spacial score (nSPS) is 17.1. The number of para-hydroxylation sites is 1. The fraction of sp³-hybridized carbons (Fsp3) is 0.222. The number of nitrogens with one attached hydrogen (secondary N) is 2. The summed E-state index contributed by atoms with van der Waals surface area (Å²) in [4.78, 5) is 7.60. The van der Waals surface area contributed by atoms with Crippen molar-refractivity contribution in [2.45, 2.75) is 18.9 Å². The second-order valence-corrected chi connectivity index (χ2v) is 5.67. The van der Waals surface area contributed by atoms with Crippen molar-refractivity contribution in [3.8, 4) is 6.07 Å². The molecule has 1 atom stereocenters. The Bertz CT molecular complexity index is 872. The molecule has 0 spiro atoms. The number of H-pyrrole nitrogens is 1. The van der Waals surface area contributed by atoms with Gasteiger partial charge in [0.1, 0.15) is 6.07 Å². The molecule has 3 heterocycles. The van der Waals surface area contributed by atoms with Gasteiger partial charge in [-0.15, -0.1) is 0 Å². The predicted octanol–water partition coefficient (Wildman–Crippen LogP) is 2.86. The average Bonchev–Trinajstić information content (AvgIpc) is 2.95. The maximum Gasteiger partial charge on any atom is 0.101 e. The lowest BCUT2D eigenvalue weighted by Crippen LogP contribution is -2.31. The minimum Gasteiger partial charge on any atom is -0.357 e. The zero-order valence-electron chi connectivity index (χ0n) is 12.1. The van der Waals surface area contributed by atoms with Gasteiger partial charge in [0.25, 0.3) is 0 Å². The molecule has 0 radical (unpaired) electrons. The van der Waals surface area contributed by atoms with Crippen molar-refractivity contribution in [1.29, 1.82) is 5.26 Å². The van der Waals surface area contributed by atoms with Crippen LogP contribution in [0.4, 0.5) is 0 Å². The van der Waals surface area contributed by atoms with Crippen LogP contribution in [-0.2, 0) is 12.8 Å². The molecule has 0 bridgehead atoms. The van der Waals surface area contributed by atoms with E-state index in [1.165, 1.54) is 22.2 Å². The Hall–Kier alpha value is -2.64. The summed E-state index contributed by atoms with van der Waals surface area (Å²) in [5.74, 6) is 0. The number of benzene rings is 1. The third kappa shape index (κ3) is 2.07. The predicted molar refractivity (Wildman–Crippen MR) is 85.4 cm³/mol. The molecule has 4 heteroatoms. The third-order valence-electron chi connectivity index (χ3n) is 4.42. The molecule has 4 rings (SSSR count). The molecule has 0 saturated heterocycles. The first-order chi connectivity index (χ1) is 10.9. The molecule has 2 aromatic heterocycles. The van der Waals surface area contributed by atoms with Crippen LogP contribution in [0.3, 0.4) is 0 Å². The van der Waals surface area contributed by atoms with Crippen LogP contribution in [0, 0.1) is 11.3 Å². The topological polar surface area (TPSA) is 64.5 Å². The quantitative estimate of drug-likeness (QED) is 0.762. The van der Waals surface area contributed by atoms with E-state index >= 15 is 0 Å². The summed E-state index contributed by atoms with van der Waals surface area (Å²) in [6.45, 7) is 0.965. The Morgan fingerprint density at radius 1 is 1.27 bits per heavy atom. The Balaban J connectivity index is 1.75. The van der Waals surface area contributed by atoms with Crippen molar-refractivity contribution in [1.82, 2.24) is 15.3 Å². The third-order valence-corrected chi connectivity index (χ3v) is 4.42. The first-order valence-electron chi connectivity index (χ1n) is 7.52. The van der Waals surface area contributed by atoms with Gasteiger partial charge in [-0.1, -0.05) is 18.2 Å². The van der Waals surface area contributed by atoms with E-state index in [0.717, 1.165) is 24.9 Å². The van der Waals surface area contributed by atoms with E-state index in [1.807, 2.05) is 6.07 Å². The van der Waals surface area contributed by atoms with Crippen molar-refractivity contribution in [3.05, 3.63) is 65.1 Å². The number of fused-ring (bicyclic) bond motifs is 3. The van der Waals surface area contributed by atoms with Crippen LogP contribution in [0.5, 0.6) is 0 Å². The van der Waals surface area contributed by atoms with Crippen LogP contribution in [0.2, 0.25) is 0 Å². The van der Waals surface area contributed by atoms with Crippen molar-refractivity contribution in [2.24, 2.45) is 0 Å². The molecule has 0 aliphatic carbocycles. The van der Waals surface area contributed by atoms with Gasteiger partial charge in [0.2, 0.25) is 0 Å². The number of nitriles is 1. The number of hydrogen-bond donors (Lipinski definition) is 2. The molecule has 1 unspecified atom stereocenters. The summed E-state index contributed by atoms with van der Waals surface area (Å²) in [5, 5.41) is 14.1. The summed E-state index contributed by atoms with van der Waals surface area (Å²) >= 11 is 0. The molecule has 22 heavy (non-hydrogen) atoms. The van der Waals surface area contributed by atoms with Gasteiger partial charge in [0.15, 0.2) is 0 Å². The van der Waals surface area contributed by atoms with Gasteiger partial charge in [-0.2, -0.15) is 5.26 Å². The molecule has 3 aromatic rings. The summed E-state index contributed by atoms with van der Waals surface area (Å²) in [6.07, 6.45) is 5.23. The van der Waals surface area contributed by atoms with Crippen molar-refractivity contribution in [2.75, 3.05) is 6.54 Å². The van der Waals surface area contributed by atoms with Gasteiger partial charge in [-0.3, -0.25) is 4.98 Å². The fourth-order valence-electron chi connectivity index (χ4n) is 3.36. The Morgan fingerprint density at radius 3 is 3.09 bits per heavy atom. The Labute approximate surface area is 128 Å². The molecule has 0 amide bonds. The molecule has 1 aliphatic heterocycles. The first kappa shape index (κ1) is 13.1. The standard InChI is InChI=1S/C18H16N4/c19-10-13-11-20-7-5-12(13)9-17-18-15(6-8-21-17)14-3-1-2-4-16(14)22-18/h1-5,7,11,17,21-22H,6,8-9H2. The second kappa shape index (κ2) is 5.28. The summed E-state index contributed by atoms with van der Waals surface area (Å²) in [5.41, 5.74) is 5.56. The van der Waals surface area contributed by atoms with E-state index in [1.54, 1.807) is 12.4 Å². The minimum absolute atomic E-state index is 0.214. The zero-order chi connectivity index (χ0) is 14.9. The van der Waals surface area contributed by atoms with Crippen molar-refractivity contribution < 1.29 is 0 Å². The molecule has 4 nitrogen and oxygen atoms in total. The van der Waals surface area contributed by atoms with E-state index in [4.69, 9.17) is 0 Å². The maximum absolute atomic E-state index is 9.24. The van der Waals surface area contributed by atoms with Gasteiger partial charge in [-0.05, 0) is 42.6 Å². The number of rotatable bonds is 2. The van der Waals surface area contributed by atoms with Crippen LogP contribution in [0.15, 0.2) is 42.7 Å². The summed E-state index contributed by atoms with van der Waals surface area (Å²) in [6, 6.07) is 12.8. The fourth-order valence-corrected chi connectivity index (χ4v) is 3.36. The highest BCUT2D eigenvalue weighted by molar-refractivity contribution is 5.85. The molecule has 0 fully saturated rings. The molecule has 1 aliphatic rings. The summed E-state index contributed by atoms with van der Waals surface area (Å²) in [7, 11) is 0. The largest absolute Gasteiger partial charge is 0.357 e. The van der Waals surface area contributed by atoms with Crippen LogP contribution in [0.25, 0.3) is 10.9 Å². The lowest BCUT2D eigenvalue weighted by atomic mass is 9.94. The lowest BCUT2D eigenvalue weighted by Gasteiger charge is -2.24. The van der Waals surface area contributed by atoms with Crippen molar-refractivity contribution >= 4 is 10.9 Å². The zero-order valence-corrected chi connectivity index (χ0v) is 12.1. The molecule has 2 N–H and O–H groups in total. The second-order valence-electron chi connectivity index (χ2n) is 5.67. The van der Waals surface area contributed by atoms with Crippen LogP contribution in [0.1, 0.15) is 28.4 Å². The number of aromatic nitrogens is 2. The molecular weight excluding hydrogens is 272 g/mol. The highest BCUT2D eigenvalue weighted by Gasteiger charge is 2.24. The monoisotopic (exact) mass is 288 g/mol. The minimum atomic E-state index is 0.214. The average molecular weight is 288 g/mol. The first-order valence-corrected chi connectivity index (χ1v) is 7.52. The van der Waals surface area contributed by atoms with Gasteiger partial charge in [0.05, 0.1) is 11.6 Å². The Kier molecular flexibility index (Phi) is 3.14. The number of nitrogens with zero attached hydrogens (tertiary/aromatic N) is 2. The van der Waals surface area contributed by atoms with Gasteiger partial charge >= 0.3 is 0 Å². The van der Waals surface area contributed by atoms with Gasteiger partial charge < -0.3 is 10.3 Å².